The highest BCUT2D eigenvalue weighted by Crippen LogP contribution is 2.33. The Labute approximate surface area is 197 Å². The Bertz CT molecular complexity index is 696. The van der Waals surface area contributed by atoms with E-state index in [2.05, 4.69) is 0 Å². The van der Waals surface area contributed by atoms with Gasteiger partial charge in [-0.15, -0.1) is 0 Å². The van der Waals surface area contributed by atoms with Crippen LogP contribution in [0.15, 0.2) is 12.2 Å². The molecule has 0 aromatic rings. The smallest absolute Gasteiger partial charge is 0.309 e. The summed E-state index contributed by atoms with van der Waals surface area (Å²) in [4.78, 5) is 22.5. The van der Waals surface area contributed by atoms with E-state index in [1.807, 2.05) is 12.2 Å². The van der Waals surface area contributed by atoms with Gasteiger partial charge < -0.3 is 10.2 Å². The Morgan fingerprint density at radius 3 is 1.41 bits per heavy atom. The maximum atomic E-state index is 12.9. The van der Waals surface area contributed by atoms with Gasteiger partial charge in [0.1, 0.15) is 0 Å². The lowest BCUT2D eigenvalue weighted by atomic mass is 9.87. The summed E-state index contributed by atoms with van der Waals surface area (Å²) >= 11 is 0. The Hall–Kier alpha value is -1.02. The van der Waals surface area contributed by atoms with Crippen LogP contribution in [-0.4, -0.2) is 51.6 Å². The van der Waals surface area contributed by atoms with Crippen LogP contribution in [0.5, 0.6) is 0 Å². The van der Waals surface area contributed by atoms with Crippen molar-refractivity contribution in [2.75, 3.05) is 0 Å². The van der Waals surface area contributed by atoms with Gasteiger partial charge in [-0.05, 0) is 79.1 Å². The lowest BCUT2D eigenvalue weighted by molar-refractivity contribution is -0.148. The number of carboxylic acids is 2. The first-order chi connectivity index (χ1) is 14.8. The third-order valence-corrected chi connectivity index (χ3v) is 11.4. The maximum absolute atomic E-state index is 12.9. The van der Waals surface area contributed by atoms with Crippen molar-refractivity contribution in [2.45, 2.75) is 113 Å². The van der Waals surface area contributed by atoms with E-state index in [0.29, 0.717) is 12.8 Å². The zero-order valence-corrected chi connectivity index (χ0v) is 21.5. The van der Waals surface area contributed by atoms with Crippen LogP contribution < -0.4 is 0 Å². The summed E-state index contributed by atoms with van der Waals surface area (Å²) in [5, 5.41) is 18.7. The van der Waals surface area contributed by atoms with Crippen LogP contribution in [0.3, 0.4) is 0 Å². The van der Waals surface area contributed by atoms with Gasteiger partial charge in [-0.2, -0.15) is 0 Å². The predicted octanol–water partition coefficient (Wildman–Crippen LogP) is 4.66. The quantitative estimate of drug-likeness (QED) is 0.387. The molecule has 0 spiro atoms. The van der Waals surface area contributed by atoms with Crippen LogP contribution in [0.25, 0.3) is 0 Å². The molecule has 2 saturated heterocycles. The second kappa shape index (κ2) is 11.4. The number of carbonyl (C=O) groups is 2. The van der Waals surface area contributed by atoms with Crippen LogP contribution in [0.1, 0.15) is 91.9 Å². The standard InChI is InChI=1S/C24H40O6S2/c1-23(2,21(25)26)15-5-7-17-9-11-19(31(17)29)13-14-20-12-10-18(32(20)30)8-6-16-24(3,4)22(27)28/h13-14,17-20H,5-12,15-16H2,1-4H3,(H,25,26)(H,27,28)/b14-13-. The van der Waals surface area contributed by atoms with E-state index in [4.69, 9.17) is 0 Å². The zero-order chi connectivity index (χ0) is 24.1. The molecule has 2 aliphatic rings. The zero-order valence-electron chi connectivity index (χ0n) is 19.9. The van der Waals surface area contributed by atoms with Crippen LogP contribution in [0.4, 0.5) is 0 Å². The maximum Gasteiger partial charge on any atom is 0.309 e. The minimum absolute atomic E-state index is 0.0000928. The lowest BCUT2D eigenvalue weighted by Gasteiger charge is -2.19. The van der Waals surface area contributed by atoms with E-state index >= 15 is 0 Å². The lowest BCUT2D eigenvalue weighted by Crippen LogP contribution is -2.24. The van der Waals surface area contributed by atoms with Crippen molar-refractivity contribution in [1.82, 2.24) is 0 Å². The fourth-order valence-corrected chi connectivity index (χ4v) is 8.28. The summed E-state index contributed by atoms with van der Waals surface area (Å²) in [5.74, 6) is -1.58. The van der Waals surface area contributed by atoms with Crippen molar-refractivity contribution >= 4 is 33.5 Å². The summed E-state index contributed by atoms with van der Waals surface area (Å²) in [6.45, 7) is 6.92. The molecule has 0 aromatic heterocycles. The Balaban J connectivity index is 1.77. The van der Waals surface area contributed by atoms with Gasteiger partial charge in [-0.25, -0.2) is 0 Å². The minimum Gasteiger partial charge on any atom is -0.481 e. The Kier molecular flexibility index (Phi) is 9.71. The highest BCUT2D eigenvalue weighted by Gasteiger charge is 2.35. The van der Waals surface area contributed by atoms with Crippen LogP contribution >= 0.6 is 0 Å². The average Bonchev–Trinajstić information content (AvgIpc) is 3.22. The van der Waals surface area contributed by atoms with E-state index < -0.39 is 44.4 Å². The molecular weight excluding hydrogens is 448 g/mol. The Morgan fingerprint density at radius 2 is 1.09 bits per heavy atom. The molecule has 6 unspecified atom stereocenters. The van der Waals surface area contributed by atoms with Gasteiger partial charge in [-0.3, -0.25) is 18.0 Å². The SMILES string of the molecule is CC(C)(CCCC1CCC(/C=C\C2CCC(CCCC(C)(C)C(=O)O)S2=O)S1=O)C(=O)O. The molecule has 2 fully saturated rings. The van der Waals surface area contributed by atoms with E-state index in [9.17, 15) is 28.2 Å². The first kappa shape index (κ1) is 27.2. The van der Waals surface area contributed by atoms with Crippen molar-refractivity contribution in [2.24, 2.45) is 10.8 Å². The van der Waals surface area contributed by atoms with Gasteiger partial charge in [-0.1, -0.05) is 25.0 Å². The predicted molar refractivity (Wildman–Crippen MR) is 130 cm³/mol. The van der Waals surface area contributed by atoms with Crippen LogP contribution in [0.2, 0.25) is 0 Å². The average molecular weight is 489 g/mol. The molecule has 2 rings (SSSR count). The van der Waals surface area contributed by atoms with E-state index in [0.717, 1.165) is 51.4 Å². The molecule has 6 atom stereocenters. The molecule has 6 nitrogen and oxygen atoms in total. The highest BCUT2D eigenvalue weighted by molar-refractivity contribution is 7.87. The van der Waals surface area contributed by atoms with Gasteiger partial charge in [0.05, 0.1) is 21.3 Å². The number of aliphatic carboxylic acids is 2. The van der Waals surface area contributed by atoms with E-state index in [1.165, 1.54) is 0 Å². The first-order valence-electron chi connectivity index (χ1n) is 11.8. The fraction of sp³-hybridized carbons (Fsp3) is 0.833. The minimum atomic E-state index is -0.966. The number of hydrogen-bond acceptors (Lipinski definition) is 4. The summed E-state index contributed by atoms with van der Waals surface area (Å²) in [6, 6.07) is 0. The number of hydrogen-bond donors (Lipinski definition) is 2. The van der Waals surface area contributed by atoms with E-state index in [1.54, 1.807) is 27.7 Å². The monoisotopic (exact) mass is 488 g/mol. The van der Waals surface area contributed by atoms with Gasteiger partial charge >= 0.3 is 11.9 Å². The van der Waals surface area contributed by atoms with Gasteiger partial charge in [0, 0.05) is 32.1 Å². The van der Waals surface area contributed by atoms with Gasteiger partial charge in [0.15, 0.2) is 0 Å². The largest absolute Gasteiger partial charge is 0.481 e. The Morgan fingerprint density at radius 1 is 0.750 bits per heavy atom. The molecule has 0 amide bonds. The molecule has 184 valence electrons. The molecule has 0 aromatic carbocycles. The first-order valence-corrected chi connectivity index (χ1v) is 14.3. The van der Waals surface area contributed by atoms with Gasteiger partial charge in [0.2, 0.25) is 0 Å². The topological polar surface area (TPSA) is 109 Å². The summed E-state index contributed by atoms with van der Waals surface area (Å²) < 4.78 is 25.7. The molecule has 2 N–H and O–H groups in total. The van der Waals surface area contributed by atoms with Crippen molar-refractivity contribution in [3.05, 3.63) is 12.2 Å². The van der Waals surface area contributed by atoms with Crippen molar-refractivity contribution in [1.29, 1.82) is 0 Å². The molecule has 2 heterocycles. The third kappa shape index (κ3) is 7.24. The summed E-state index contributed by atoms with van der Waals surface area (Å²) in [6.07, 6.45) is 11.8. The summed E-state index contributed by atoms with van der Waals surface area (Å²) in [5.41, 5.74) is -1.49. The number of rotatable bonds is 12. The van der Waals surface area contributed by atoms with Crippen LogP contribution in [0, 0.1) is 10.8 Å². The van der Waals surface area contributed by atoms with Crippen molar-refractivity contribution in [3.63, 3.8) is 0 Å². The number of carboxylic acid groups (broad SMARTS) is 2. The van der Waals surface area contributed by atoms with Crippen molar-refractivity contribution in [3.8, 4) is 0 Å². The highest BCUT2D eigenvalue weighted by atomic mass is 32.2. The van der Waals surface area contributed by atoms with E-state index in [-0.39, 0.29) is 21.0 Å². The summed E-state index contributed by atoms with van der Waals surface area (Å²) in [7, 11) is -1.93. The molecule has 8 heteroatoms. The molecule has 0 aliphatic carbocycles. The normalized spacial score (nSPS) is 31.4. The molecule has 32 heavy (non-hydrogen) atoms. The molecule has 0 radical (unpaired) electrons. The fourth-order valence-electron chi connectivity index (χ4n) is 4.53. The van der Waals surface area contributed by atoms with Crippen molar-refractivity contribution < 1.29 is 28.2 Å². The molecule has 0 bridgehead atoms. The van der Waals surface area contributed by atoms with Gasteiger partial charge in [0.25, 0.3) is 0 Å². The molecular formula is C24H40O6S2. The molecule has 2 aliphatic heterocycles. The third-order valence-electron chi connectivity index (χ3n) is 7.15. The second-order valence-corrected chi connectivity index (χ2v) is 14.5. The molecule has 0 saturated carbocycles. The van der Waals surface area contributed by atoms with Crippen LogP contribution in [-0.2, 0) is 31.2 Å². The second-order valence-electron chi connectivity index (χ2n) is 10.7.